The number of nitrogens with zero attached hydrogens (tertiary/aromatic N) is 3. The summed E-state index contributed by atoms with van der Waals surface area (Å²) in [6.07, 6.45) is -2.65. The van der Waals surface area contributed by atoms with Gasteiger partial charge in [0.15, 0.2) is 5.82 Å². The largest absolute Gasteiger partial charge is 0.417 e. The summed E-state index contributed by atoms with van der Waals surface area (Å²) in [7, 11) is 0. The third-order valence-electron chi connectivity index (χ3n) is 2.98. The molecule has 0 aliphatic carbocycles. The molecule has 24 heavy (non-hydrogen) atoms. The van der Waals surface area contributed by atoms with Gasteiger partial charge in [-0.15, -0.1) is 0 Å². The number of rotatable bonds is 4. The smallest absolute Gasteiger partial charge is 0.260 e. The Kier molecular flexibility index (Phi) is 5.03. The fraction of sp³-hybridized carbons (Fsp3) is 0.143. The molecule has 0 bridgehead atoms. The molecule has 1 N–H and O–H groups in total. The van der Waals surface area contributed by atoms with Gasteiger partial charge >= 0.3 is 6.18 Å². The van der Waals surface area contributed by atoms with Crippen molar-refractivity contribution >= 4 is 29.3 Å². The topological polar surface area (TPSA) is 80.4 Å². The Balaban J connectivity index is 2.15. The average molecular weight is 359 g/mol. The normalized spacial score (nSPS) is 11.7. The van der Waals surface area contributed by atoms with Crippen molar-refractivity contribution in [2.75, 3.05) is 5.43 Å². The first kappa shape index (κ1) is 17.7. The molecule has 6 nitrogen and oxygen atoms in total. The lowest BCUT2D eigenvalue weighted by Gasteiger charge is -2.08. The van der Waals surface area contributed by atoms with Gasteiger partial charge < -0.3 is 0 Å². The van der Waals surface area contributed by atoms with E-state index in [1.165, 1.54) is 12.3 Å². The van der Waals surface area contributed by atoms with Gasteiger partial charge in [-0.05, 0) is 13.0 Å². The fourth-order valence-electron chi connectivity index (χ4n) is 1.75. The van der Waals surface area contributed by atoms with Crippen LogP contribution in [0.5, 0.6) is 0 Å². The quantitative estimate of drug-likeness (QED) is 0.498. The third kappa shape index (κ3) is 4.19. The molecule has 1 aromatic heterocycles. The molecule has 0 radical (unpaired) electrons. The number of nitro groups is 1. The lowest BCUT2D eigenvalue weighted by atomic mass is 10.1. The summed E-state index contributed by atoms with van der Waals surface area (Å²) in [5, 5.41) is 14.4. The van der Waals surface area contributed by atoms with Gasteiger partial charge in [0.1, 0.15) is 0 Å². The van der Waals surface area contributed by atoms with Crippen LogP contribution in [0.15, 0.2) is 35.6 Å². The van der Waals surface area contributed by atoms with E-state index in [4.69, 9.17) is 11.6 Å². The molecule has 0 saturated carbocycles. The second-order valence-electron chi connectivity index (χ2n) is 4.73. The molecule has 1 aromatic carbocycles. The van der Waals surface area contributed by atoms with E-state index in [0.717, 1.165) is 6.07 Å². The van der Waals surface area contributed by atoms with E-state index in [1.807, 2.05) is 0 Å². The molecule has 10 heteroatoms. The lowest BCUT2D eigenvalue weighted by Crippen LogP contribution is -2.06. The monoisotopic (exact) mass is 358 g/mol. The van der Waals surface area contributed by atoms with E-state index in [1.54, 1.807) is 19.1 Å². The molecule has 0 spiro atoms. The van der Waals surface area contributed by atoms with Crippen molar-refractivity contribution in [3.05, 3.63) is 62.3 Å². The number of pyridine rings is 1. The van der Waals surface area contributed by atoms with E-state index in [9.17, 15) is 23.3 Å². The molecule has 0 aliphatic heterocycles. The van der Waals surface area contributed by atoms with Crippen LogP contribution in [0, 0.1) is 17.0 Å². The Morgan fingerprint density at radius 1 is 1.38 bits per heavy atom. The first-order chi connectivity index (χ1) is 11.2. The van der Waals surface area contributed by atoms with Gasteiger partial charge in [-0.25, -0.2) is 4.98 Å². The Morgan fingerprint density at radius 3 is 2.67 bits per heavy atom. The van der Waals surface area contributed by atoms with Crippen molar-refractivity contribution in [3.8, 4) is 0 Å². The van der Waals surface area contributed by atoms with E-state index in [0.29, 0.717) is 17.3 Å². The number of benzene rings is 1. The number of nitrogens with one attached hydrogen (secondary N) is 1. The van der Waals surface area contributed by atoms with Crippen LogP contribution in [0.1, 0.15) is 16.7 Å². The van der Waals surface area contributed by atoms with Gasteiger partial charge in [-0.2, -0.15) is 18.3 Å². The number of aryl methyl sites for hydroxylation is 1. The lowest BCUT2D eigenvalue weighted by molar-refractivity contribution is -0.385. The van der Waals surface area contributed by atoms with E-state index < -0.39 is 16.7 Å². The van der Waals surface area contributed by atoms with Crippen molar-refractivity contribution in [2.24, 2.45) is 5.10 Å². The highest BCUT2D eigenvalue weighted by molar-refractivity contribution is 6.32. The van der Waals surface area contributed by atoms with E-state index in [2.05, 4.69) is 15.5 Å². The van der Waals surface area contributed by atoms with Crippen molar-refractivity contribution in [1.82, 2.24) is 4.98 Å². The summed E-state index contributed by atoms with van der Waals surface area (Å²) >= 11 is 5.72. The summed E-state index contributed by atoms with van der Waals surface area (Å²) < 4.78 is 37.5. The van der Waals surface area contributed by atoms with E-state index in [-0.39, 0.29) is 16.5 Å². The first-order valence-corrected chi connectivity index (χ1v) is 6.83. The molecule has 0 unspecified atom stereocenters. The summed E-state index contributed by atoms with van der Waals surface area (Å²) in [5.41, 5.74) is 2.28. The van der Waals surface area contributed by atoms with Crippen LogP contribution in [0.4, 0.5) is 24.7 Å². The molecule has 0 saturated heterocycles. The second-order valence-corrected chi connectivity index (χ2v) is 5.13. The van der Waals surface area contributed by atoms with Crippen molar-refractivity contribution < 1.29 is 18.1 Å². The molecule has 2 rings (SSSR count). The molecule has 0 fully saturated rings. The standard InChI is InChI=1S/C14H10ClF3N4O2/c1-8-2-3-9(4-12(8)22(23)24)6-20-21-13-11(15)5-10(7-19-13)14(16,17)18/h2-7H,1H3,(H,19,21)/b20-6-. The highest BCUT2D eigenvalue weighted by Crippen LogP contribution is 2.32. The molecule has 0 aliphatic rings. The Bertz CT molecular complexity index is 809. The minimum Gasteiger partial charge on any atom is -0.260 e. The van der Waals surface area contributed by atoms with Gasteiger partial charge in [0.05, 0.1) is 21.7 Å². The molecule has 1 heterocycles. The average Bonchev–Trinajstić information content (AvgIpc) is 2.49. The molecule has 0 amide bonds. The maximum Gasteiger partial charge on any atom is 0.417 e. The minimum atomic E-state index is -4.54. The van der Waals surface area contributed by atoms with Crippen molar-refractivity contribution in [3.63, 3.8) is 0 Å². The molecular weight excluding hydrogens is 349 g/mol. The highest BCUT2D eigenvalue weighted by Gasteiger charge is 2.31. The van der Waals surface area contributed by atoms with Gasteiger partial charge in [0.2, 0.25) is 0 Å². The number of halogens is 4. The zero-order valence-corrected chi connectivity index (χ0v) is 12.9. The van der Waals surface area contributed by atoms with Crippen LogP contribution in [-0.4, -0.2) is 16.1 Å². The predicted octanol–water partition coefficient (Wildman–Crippen LogP) is 4.42. The molecular formula is C14H10ClF3N4O2. The van der Waals surface area contributed by atoms with Gasteiger partial charge in [-0.3, -0.25) is 15.5 Å². The number of alkyl halides is 3. The molecule has 2 aromatic rings. The maximum atomic E-state index is 12.5. The number of nitro benzene ring substituents is 1. The Hall–Kier alpha value is -2.68. The SMILES string of the molecule is Cc1ccc(/C=N\Nc2ncc(C(F)(F)F)cc2Cl)cc1[N+](=O)[O-]. The van der Waals surface area contributed by atoms with Crippen LogP contribution in [0.3, 0.4) is 0 Å². The third-order valence-corrected chi connectivity index (χ3v) is 3.27. The molecule has 126 valence electrons. The summed E-state index contributed by atoms with van der Waals surface area (Å²) in [6.45, 7) is 1.60. The number of hydrazone groups is 1. The van der Waals surface area contributed by atoms with Crippen LogP contribution < -0.4 is 5.43 Å². The van der Waals surface area contributed by atoms with Gasteiger partial charge in [0, 0.05) is 23.4 Å². The summed E-state index contributed by atoms with van der Waals surface area (Å²) in [6, 6.07) is 5.21. The zero-order chi connectivity index (χ0) is 17.9. The predicted molar refractivity (Wildman–Crippen MR) is 83.3 cm³/mol. The van der Waals surface area contributed by atoms with Crippen LogP contribution in [0.25, 0.3) is 0 Å². The van der Waals surface area contributed by atoms with Gasteiger partial charge in [0.25, 0.3) is 5.69 Å². The zero-order valence-electron chi connectivity index (χ0n) is 12.1. The number of hydrogen-bond acceptors (Lipinski definition) is 5. The van der Waals surface area contributed by atoms with Crippen LogP contribution >= 0.6 is 11.6 Å². The summed E-state index contributed by atoms with van der Waals surface area (Å²) in [5.74, 6) is -0.0671. The van der Waals surface area contributed by atoms with E-state index >= 15 is 0 Å². The number of hydrogen-bond donors (Lipinski definition) is 1. The highest BCUT2D eigenvalue weighted by atomic mass is 35.5. The Labute approximate surface area is 139 Å². The fourth-order valence-corrected chi connectivity index (χ4v) is 1.96. The summed E-state index contributed by atoms with van der Waals surface area (Å²) in [4.78, 5) is 13.9. The minimum absolute atomic E-state index is 0.0652. The van der Waals surface area contributed by atoms with Gasteiger partial charge in [-0.1, -0.05) is 23.7 Å². The van der Waals surface area contributed by atoms with Crippen molar-refractivity contribution in [2.45, 2.75) is 13.1 Å². The molecule has 0 atom stereocenters. The second kappa shape index (κ2) is 6.83. The van der Waals surface area contributed by atoms with Crippen LogP contribution in [0.2, 0.25) is 5.02 Å². The van der Waals surface area contributed by atoms with Crippen molar-refractivity contribution in [1.29, 1.82) is 0 Å². The number of anilines is 1. The number of aromatic nitrogens is 1. The maximum absolute atomic E-state index is 12.5. The Morgan fingerprint density at radius 2 is 2.08 bits per heavy atom. The van der Waals surface area contributed by atoms with Crippen LogP contribution in [-0.2, 0) is 6.18 Å². The first-order valence-electron chi connectivity index (χ1n) is 6.45.